The van der Waals surface area contributed by atoms with Crippen LogP contribution in [-0.4, -0.2) is 19.5 Å². The fraction of sp³-hybridized carbons (Fsp3) is 0.0851. The van der Waals surface area contributed by atoms with Crippen molar-refractivity contribution in [3.63, 3.8) is 0 Å². The van der Waals surface area contributed by atoms with Crippen molar-refractivity contribution in [1.29, 1.82) is 0 Å². The molecule has 0 fully saturated rings. The van der Waals surface area contributed by atoms with Crippen LogP contribution in [0.5, 0.6) is 11.5 Å². The molecule has 8 aromatic rings. The van der Waals surface area contributed by atoms with Gasteiger partial charge in [0.15, 0.2) is 11.6 Å². The molecule has 5 nitrogen and oxygen atoms in total. The maximum absolute atomic E-state index is 6.65. The second kappa shape index (κ2) is 11.0. The van der Waals surface area contributed by atoms with Gasteiger partial charge in [-0.1, -0.05) is 146 Å². The Bertz CT molecular complexity index is 2710. The van der Waals surface area contributed by atoms with Crippen molar-refractivity contribution in [2.24, 2.45) is 5.92 Å². The number of hydrogen-bond acceptors (Lipinski definition) is 4. The minimum atomic E-state index is -0.555. The van der Waals surface area contributed by atoms with Crippen LogP contribution in [0.3, 0.4) is 0 Å². The number of para-hydroxylation sites is 3. The average molecular weight is 669 g/mol. The molecule has 1 unspecified atom stereocenters. The van der Waals surface area contributed by atoms with Crippen molar-refractivity contribution in [1.82, 2.24) is 19.5 Å². The molecule has 52 heavy (non-hydrogen) atoms. The molecular formula is C47H32N4O. The van der Waals surface area contributed by atoms with E-state index in [9.17, 15) is 0 Å². The van der Waals surface area contributed by atoms with Crippen molar-refractivity contribution in [3.8, 4) is 40.2 Å². The van der Waals surface area contributed by atoms with Crippen LogP contribution in [0.2, 0.25) is 0 Å². The van der Waals surface area contributed by atoms with Gasteiger partial charge in [-0.05, 0) is 47.2 Å². The fourth-order valence-corrected chi connectivity index (χ4v) is 9.04. The molecule has 0 amide bonds. The summed E-state index contributed by atoms with van der Waals surface area (Å²) >= 11 is 0. The molecule has 6 aromatic carbocycles. The maximum Gasteiger partial charge on any atom is 0.238 e. The van der Waals surface area contributed by atoms with Crippen LogP contribution >= 0.6 is 0 Å². The Balaban J connectivity index is 1.31. The number of allylic oxidation sites excluding steroid dienone is 4. The van der Waals surface area contributed by atoms with Crippen molar-refractivity contribution < 1.29 is 4.74 Å². The number of benzene rings is 6. The molecule has 11 rings (SSSR count). The summed E-state index contributed by atoms with van der Waals surface area (Å²) in [5.74, 6) is 3.95. The van der Waals surface area contributed by atoms with Gasteiger partial charge in [0.1, 0.15) is 11.5 Å². The zero-order chi connectivity index (χ0) is 34.4. The van der Waals surface area contributed by atoms with Crippen LogP contribution in [0.25, 0.3) is 56.1 Å². The zero-order valence-electron chi connectivity index (χ0n) is 28.5. The molecule has 0 radical (unpaired) electrons. The number of aromatic nitrogens is 4. The van der Waals surface area contributed by atoms with E-state index in [4.69, 9.17) is 19.7 Å². The highest BCUT2D eigenvalue weighted by Crippen LogP contribution is 2.64. The molecule has 3 heterocycles. The van der Waals surface area contributed by atoms with Crippen LogP contribution in [0.1, 0.15) is 35.6 Å². The largest absolute Gasteiger partial charge is 0.457 e. The lowest BCUT2D eigenvalue weighted by Gasteiger charge is -2.40. The summed E-state index contributed by atoms with van der Waals surface area (Å²) in [4.78, 5) is 15.6. The van der Waals surface area contributed by atoms with Crippen LogP contribution < -0.4 is 4.74 Å². The van der Waals surface area contributed by atoms with E-state index in [1.165, 1.54) is 38.8 Å². The first kappa shape index (κ1) is 29.2. The number of ether oxygens (including phenoxy) is 1. The Morgan fingerprint density at radius 2 is 1.19 bits per heavy atom. The first-order valence-electron chi connectivity index (χ1n) is 17.9. The van der Waals surface area contributed by atoms with E-state index < -0.39 is 5.41 Å². The van der Waals surface area contributed by atoms with Crippen molar-refractivity contribution in [3.05, 3.63) is 186 Å². The smallest absolute Gasteiger partial charge is 0.238 e. The monoisotopic (exact) mass is 668 g/mol. The molecule has 1 atom stereocenters. The van der Waals surface area contributed by atoms with Crippen LogP contribution in [-0.2, 0) is 5.41 Å². The van der Waals surface area contributed by atoms with E-state index in [0.29, 0.717) is 17.6 Å². The molecule has 0 saturated carbocycles. The predicted octanol–water partition coefficient (Wildman–Crippen LogP) is 11.1. The first-order valence-corrected chi connectivity index (χ1v) is 17.9. The van der Waals surface area contributed by atoms with Crippen molar-refractivity contribution in [2.75, 3.05) is 0 Å². The molecule has 5 heteroatoms. The summed E-state index contributed by atoms with van der Waals surface area (Å²) in [5, 5.41) is 2.34. The normalized spacial score (nSPS) is 16.4. The van der Waals surface area contributed by atoms with Crippen LogP contribution in [0.4, 0.5) is 0 Å². The number of fused-ring (bicyclic) bond motifs is 12. The molecule has 246 valence electrons. The van der Waals surface area contributed by atoms with E-state index >= 15 is 0 Å². The van der Waals surface area contributed by atoms with Gasteiger partial charge in [0.25, 0.3) is 0 Å². The lowest BCUT2D eigenvalue weighted by molar-refractivity contribution is 0.435. The molecule has 0 N–H and O–H groups in total. The van der Waals surface area contributed by atoms with Gasteiger partial charge in [-0.15, -0.1) is 0 Å². The molecule has 2 aromatic heterocycles. The summed E-state index contributed by atoms with van der Waals surface area (Å²) in [5.41, 5.74) is 11.1. The van der Waals surface area contributed by atoms with Gasteiger partial charge >= 0.3 is 0 Å². The quantitative estimate of drug-likeness (QED) is 0.188. The molecule has 2 aliphatic carbocycles. The second-order valence-corrected chi connectivity index (χ2v) is 14.0. The Morgan fingerprint density at radius 1 is 0.596 bits per heavy atom. The van der Waals surface area contributed by atoms with Gasteiger partial charge in [0, 0.05) is 38.6 Å². The second-order valence-electron chi connectivity index (χ2n) is 14.0. The van der Waals surface area contributed by atoms with Gasteiger partial charge in [0.05, 0.1) is 16.4 Å². The average Bonchev–Trinajstić information content (AvgIpc) is 3.70. The lowest BCUT2D eigenvalue weighted by Crippen LogP contribution is -2.33. The van der Waals surface area contributed by atoms with Gasteiger partial charge in [-0.2, -0.15) is 9.97 Å². The van der Waals surface area contributed by atoms with Gasteiger partial charge < -0.3 is 4.74 Å². The minimum absolute atomic E-state index is 0.287. The van der Waals surface area contributed by atoms with Gasteiger partial charge in [-0.3, -0.25) is 4.57 Å². The standard InChI is InChI=1S/C47H32N4O/c1-29-15-14-23-36-41(29)42-37(47(36)34-21-9-12-25-39(34)52-40-26-13-10-22-35(40)47)28-27-33-32-20-8-11-24-38(32)51(43(33)42)46-49-44(30-16-4-2-5-17-30)48-45(50-46)31-18-6-3-7-19-31/h2-14,16-29H,15H2,1H3. The molecule has 0 bridgehead atoms. The minimum Gasteiger partial charge on any atom is -0.457 e. The van der Waals surface area contributed by atoms with E-state index in [2.05, 4.69) is 133 Å². The number of hydrogen-bond donors (Lipinski definition) is 0. The zero-order valence-corrected chi connectivity index (χ0v) is 28.5. The Labute approximate surface area is 301 Å². The third kappa shape index (κ3) is 3.90. The Hall–Kier alpha value is -6.59. The van der Waals surface area contributed by atoms with Crippen LogP contribution in [0.15, 0.2) is 163 Å². The molecule has 0 saturated heterocycles. The van der Waals surface area contributed by atoms with Gasteiger partial charge in [0.2, 0.25) is 5.95 Å². The highest BCUT2D eigenvalue weighted by atomic mass is 16.5. The molecule has 1 aliphatic heterocycles. The predicted molar refractivity (Wildman–Crippen MR) is 208 cm³/mol. The Kier molecular flexibility index (Phi) is 6.14. The topological polar surface area (TPSA) is 52.8 Å². The van der Waals surface area contributed by atoms with Gasteiger partial charge in [-0.25, -0.2) is 4.98 Å². The fourth-order valence-electron chi connectivity index (χ4n) is 9.04. The van der Waals surface area contributed by atoms with E-state index in [1.807, 2.05) is 36.4 Å². The van der Waals surface area contributed by atoms with Crippen LogP contribution in [0, 0.1) is 5.92 Å². The van der Waals surface area contributed by atoms with Crippen molar-refractivity contribution >= 4 is 27.4 Å². The molecule has 1 spiro atoms. The summed E-state index contributed by atoms with van der Waals surface area (Å²) < 4.78 is 8.95. The van der Waals surface area contributed by atoms with Crippen molar-refractivity contribution in [2.45, 2.75) is 18.8 Å². The number of nitrogens with zero attached hydrogens (tertiary/aromatic N) is 4. The molecular weight excluding hydrogens is 637 g/mol. The highest BCUT2D eigenvalue weighted by molar-refractivity contribution is 6.14. The SMILES string of the molecule is CC1CC=CC2=C1c1c(ccc3c4ccccc4n(-c4nc(-c5ccccc5)nc(-c5ccccc5)n4)c13)C21c2ccccc2Oc2ccccc21. The summed E-state index contributed by atoms with van der Waals surface area (Å²) in [6.07, 6.45) is 5.71. The Morgan fingerprint density at radius 3 is 1.87 bits per heavy atom. The first-order chi connectivity index (χ1) is 25.7. The highest BCUT2D eigenvalue weighted by Gasteiger charge is 2.53. The third-order valence-electron chi connectivity index (χ3n) is 11.2. The molecule has 3 aliphatic rings. The summed E-state index contributed by atoms with van der Waals surface area (Å²) in [6.45, 7) is 2.37. The summed E-state index contributed by atoms with van der Waals surface area (Å²) in [6, 6.07) is 50.9. The van der Waals surface area contributed by atoms with E-state index in [0.717, 1.165) is 45.5 Å². The number of rotatable bonds is 3. The lowest BCUT2D eigenvalue weighted by atomic mass is 9.64. The van der Waals surface area contributed by atoms with E-state index in [-0.39, 0.29) is 5.92 Å². The summed E-state index contributed by atoms with van der Waals surface area (Å²) in [7, 11) is 0. The maximum atomic E-state index is 6.65. The third-order valence-corrected chi connectivity index (χ3v) is 11.2. The van der Waals surface area contributed by atoms with E-state index in [1.54, 1.807) is 0 Å².